The highest BCUT2D eigenvalue weighted by molar-refractivity contribution is 6.35. The minimum absolute atomic E-state index is 0.0837. The zero-order valence-corrected chi connectivity index (χ0v) is 10.00. The van der Waals surface area contributed by atoms with E-state index in [1.54, 1.807) is 18.2 Å². The van der Waals surface area contributed by atoms with Gasteiger partial charge in [0.15, 0.2) is 0 Å². The molecule has 1 aromatic carbocycles. The van der Waals surface area contributed by atoms with E-state index in [-0.39, 0.29) is 6.42 Å². The molecule has 1 unspecified atom stereocenters. The fourth-order valence-corrected chi connectivity index (χ4v) is 2.06. The average molecular weight is 256 g/mol. The Morgan fingerprint density at radius 2 is 2.18 bits per heavy atom. The number of alkyl halides is 1. The first-order chi connectivity index (χ1) is 8.04. The normalized spacial score (nSPS) is 20.2. The quantitative estimate of drug-likeness (QED) is 0.762. The molecule has 0 N–H and O–H groups in total. The second kappa shape index (κ2) is 4.45. The molecular formula is C12H11ClFNO2. The van der Waals surface area contributed by atoms with Gasteiger partial charge in [-0.3, -0.25) is 14.0 Å². The van der Waals surface area contributed by atoms with Gasteiger partial charge in [-0.25, -0.2) is 4.90 Å². The maximum Gasteiger partial charge on any atom is 0.240 e. The summed E-state index contributed by atoms with van der Waals surface area (Å²) in [4.78, 5) is 24.5. The number of benzene rings is 1. The van der Waals surface area contributed by atoms with Gasteiger partial charge in [-0.2, -0.15) is 0 Å². The van der Waals surface area contributed by atoms with Crippen LogP contribution in [-0.2, 0) is 9.59 Å². The van der Waals surface area contributed by atoms with Crippen LogP contribution < -0.4 is 4.90 Å². The molecule has 1 saturated heterocycles. The lowest BCUT2D eigenvalue weighted by molar-refractivity contribution is -0.122. The van der Waals surface area contributed by atoms with Crippen molar-refractivity contribution in [3.8, 4) is 0 Å². The minimum atomic E-state index is -0.862. The van der Waals surface area contributed by atoms with E-state index in [1.807, 2.05) is 6.92 Å². The summed E-state index contributed by atoms with van der Waals surface area (Å²) in [5.41, 5.74) is 1.23. The third-order valence-electron chi connectivity index (χ3n) is 2.77. The van der Waals surface area contributed by atoms with Crippen LogP contribution in [0, 0.1) is 12.8 Å². The van der Waals surface area contributed by atoms with E-state index < -0.39 is 24.4 Å². The fourth-order valence-electron chi connectivity index (χ4n) is 1.86. The molecule has 1 atom stereocenters. The average Bonchev–Trinajstić information content (AvgIpc) is 2.58. The van der Waals surface area contributed by atoms with Crippen molar-refractivity contribution >= 4 is 29.1 Å². The highest BCUT2D eigenvalue weighted by atomic mass is 35.5. The van der Waals surface area contributed by atoms with Gasteiger partial charge in [0, 0.05) is 6.42 Å². The van der Waals surface area contributed by atoms with Crippen molar-refractivity contribution in [2.24, 2.45) is 5.92 Å². The first-order valence-corrected chi connectivity index (χ1v) is 5.61. The van der Waals surface area contributed by atoms with Crippen LogP contribution in [0.1, 0.15) is 12.0 Å². The first-order valence-electron chi connectivity index (χ1n) is 5.23. The number of carbonyl (C=O) groups excluding carboxylic acids is 2. The summed E-state index contributed by atoms with van der Waals surface area (Å²) in [5.74, 6) is -1.77. The predicted molar refractivity (Wildman–Crippen MR) is 62.8 cm³/mol. The van der Waals surface area contributed by atoms with Crippen LogP contribution in [-0.4, -0.2) is 18.5 Å². The van der Waals surface area contributed by atoms with Gasteiger partial charge in [-0.05, 0) is 24.6 Å². The van der Waals surface area contributed by atoms with Crippen molar-refractivity contribution in [1.29, 1.82) is 0 Å². The smallest absolute Gasteiger partial charge is 0.240 e. The molecule has 0 saturated carbocycles. The topological polar surface area (TPSA) is 37.4 Å². The Balaban J connectivity index is 2.43. The number of hydrogen-bond acceptors (Lipinski definition) is 2. The number of imide groups is 1. The van der Waals surface area contributed by atoms with Gasteiger partial charge < -0.3 is 0 Å². The molecule has 1 aliphatic heterocycles. The molecule has 1 fully saturated rings. The second-order valence-electron chi connectivity index (χ2n) is 4.08. The van der Waals surface area contributed by atoms with E-state index in [0.29, 0.717) is 10.7 Å². The summed E-state index contributed by atoms with van der Waals surface area (Å²) in [6.07, 6.45) is -0.0837. The highest BCUT2D eigenvalue weighted by Gasteiger charge is 2.40. The van der Waals surface area contributed by atoms with Crippen LogP contribution >= 0.6 is 11.6 Å². The maximum atomic E-state index is 12.6. The van der Waals surface area contributed by atoms with Crippen LogP contribution in [0.3, 0.4) is 0 Å². The van der Waals surface area contributed by atoms with Crippen LogP contribution in [0.2, 0.25) is 5.02 Å². The molecule has 1 heterocycles. The fraction of sp³-hybridized carbons (Fsp3) is 0.333. The number of carbonyl (C=O) groups is 2. The van der Waals surface area contributed by atoms with E-state index in [0.717, 1.165) is 10.5 Å². The number of aryl methyl sites for hydroxylation is 1. The molecule has 0 radical (unpaired) electrons. The summed E-state index contributed by atoms with van der Waals surface area (Å²) in [6.45, 7) is 1.02. The van der Waals surface area contributed by atoms with Crippen LogP contribution in [0.4, 0.5) is 10.1 Å². The van der Waals surface area contributed by atoms with E-state index in [9.17, 15) is 14.0 Å². The molecule has 1 aromatic rings. The molecule has 3 nitrogen and oxygen atoms in total. The van der Waals surface area contributed by atoms with Gasteiger partial charge in [-0.1, -0.05) is 17.7 Å². The molecule has 1 aliphatic rings. The molecule has 0 spiro atoms. The van der Waals surface area contributed by atoms with Crippen LogP contribution in [0.25, 0.3) is 0 Å². The Hall–Kier alpha value is -1.42. The number of rotatable bonds is 2. The van der Waals surface area contributed by atoms with Gasteiger partial charge in [-0.15, -0.1) is 0 Å². The molecular weight excluding hydrogens is 245 g/mol. The Bertz CT molecular complexity index is 489. The molecule has 0 aromatic heterocycles. The summed E-state index contributed by atoms with van der Waals surface area (Å²) in [5, 5.41) is 0.316. The minimum Gasteiger partial charge on any atom is -0.274 e. The standard InChI is InChI=1S/C12H11ClFNO2/c1-7-2-3-9(13)10(4-7)15-11(16)5-8(6-14)12(15)17/h2-4,8H,5-6H2,1H3. The monoisotopic (exact) mass is 255 g/mol. The largest absolute Gasteiger partial charge is 0.274 e. The SMILES string of the molecule is Cc1ccc(Cl)c(N2C(=O)CC(CF)C2=O)c1. The van der Waals surface area contributed by atoms with E-state index in [1.165, 1.54) is 0 Å². The van der Waals surface area contributed by atoms with Gasteiger partial charge in [0.25, 0.3) is 0 Å². The molecule has 0 bridgehead atoms. The predicted octanol–water partition coefficient (Wildman–Crippen LogP) is 2.50. The van der Waals surface area contributed by atoms with E-state index in [2.05, 4.69) is 0 Å². The van der Waals surface area contributed by atoms with Gasteiger partial charge in [0.2, 0.25) is 11.8 Å². The summed E-state index contributed by atoms with van der Waals surface area (Å²) < 4.78 is 12.6. The first kappa shape index (κ1) is 12.0. The molecule has 5 heteroatoms. The summed E-state index contributed by atoms with van der Waals surface area (Å²) >= 11 is 5.96. The highest BCUT2D eigenvalue weighted by Crippen LogP contribution is 2.32. The lowest BCUT2D eigenvalue weighted by Crippen LogP contribution is -2.31. The summed E-state index contributed by atoms with van der Waals surface area (Å²) in [7, 11) is 0. The van der Waals surface area contributed by atoms with Crippen molar-refractivity contribution in [1.82, 2.24) is 0 Å². The molecule has 90 valence electrons. The van der Waals surface area contributed by atoms with E-state index >= 15 is 0 Å². The second-order valence-corrected chi connectivity index (χ2v) is 4.48. The number of halogens is 2. The molecule has 17 heavy (non-hydrogen) atoms. The van der Waals surface area contributed by atoms with Crippen molar-refractivity contribution in [2.75, 3.05) is 11.6 Å². The summed E-state index contributed by atoms with van der Waals surface area (Å²) in [6, 6.07) is 5.05. The van der Waals surface area contributed by atoms with Crippen molar-refractivity contribution in [2.45, 2.75) is 13.3 Å². The third kappa shape index (κ3) is 2.05. The number of amides is 2. The van der Waals surface area contributed by atoms with Crippen LogP contribution in [0.15, 0.2) is 18.2 Å². The lowest BCUT2D eigenvalue weighted by Gasteiger charge is -2.16. The van der Waals surface area contributed by atoms with Gasteiger partial charge in [0.1, 0.15) is 6.67 Å². The number of nitrogens with zero attached hydrogens (tertiary/aromatic N) is 1. The maximum absolute atomic E-state index is 12.6. The Morgan fingerprint density at radius 3 is 2.76 bits per heavy atom. The molecule has 2 amide bonds. The van der Waals surface area contributed by atoms with E-state index in [4.69, 9.17) is 11.6 Å². The number of anilines is 1. The molecule has 0 aliphatic carbocycles. The Morgan fingerprint density at radius 1 is 1.47 bits per heavy atom. The zero-order valence-electron chi connectivity index (χ0n) is 9.24. The van der Waals surface area contributed by atoms with Crippen molar-refractivity contribution in [3.05, 3.63) is 28.8 Å². The zero-order chi connectivity index (χ0) is 12.6. The van der Waals surface area contributed by atoms with Gasteiger partial charge >= 0.3 is 0 Å². The Labute approximate surface area is 103 Å². The third-order valence-corrected chi connectivity index (χ3v) is 3.09. The lowest BCUT2D eigenvalue weighted by atomic mass is 10.1. The Kier molecular flexibility index (Phi) is 3.15. The number of hydrogen-bond donors (Lipinski definition) is 0. The van der Waals surface area contributed by atoms with Crippen molar-refractivity contribution < 1.29 is 14.0 Å². The van der Waals surface area contributed by atoms with Gasteiger partial charge in [0.05, 0.1) is 16.6 Å². The van der Waals surface area contributed by atoms with Crippen molar-refractivity contribution in [3.63, 3.8) is 0 Å². The van der Waals surface area contributed by atoms with Crippen LogP contribution in [0.5, 0.6) is 0 Å². The molecule has 2 rings (SSSR count).